The van der Waals surface area contributed by atoms with Gasteiger partial charge < -0.3 is 62.2 Å². The number of fused-ring (bicyclic) bond motifs is 3. The molecule has 0 amide bonds. The quantitative estimate of drug-likeness (QED) is 0.0868. The molecule has 596 valence electrons. The number of hydrogen-bond acceptors (Lipinski definition) is 2. The molecule has 0 saturated heterocycles. The third-order valence-corrected chi connectivity index (χ3v) is 9.15. The Morgan fingerprint density at radius 1 is 0.393 bits per heavy atom. The van der Waals surface area contributed by atoms with Gasteiger partial charge in [0.05, 0.1) is 0 Å². The molecule has 51 heteroatoms. The van der Waals surface area contributed by atoms with E-state index in [-0.39, 0.29) is 1190 Å². The van der Waals surface area contributed by atoms with E-state index in [9.17, 15) is 0 Å². The summed E-state index contributed by atoms with van der Waals surface area (Å²) < 4.78 is 4.31. The van der Waals surface area contributed by atoms with E-state index in [0.29, 0.717) is 0 Å². The van der Waals surface area contributed by atoms with Gasteiger partial charge in [0.25, 0.3) is 0 Å². The number of benzene rings is 3. The van der Waals surface area contributed by atoms with Crippen LogP contribution < -0.4 is 4.90 Å². The first-order valence-electron chi connectivity index (χ1n) is 21.6. The monoisotopic (exact) mass is 8190 g/mol. The van der Waals surface area contributed by atoms with Crippen molar-refractivity contribution in [2.75, 3.05) is 32.1 Å². The van der Waals surface area contributed by atoms with Crippen LogP contribution in [0.1, 0.15) is 84.9 Å². The van der Waals surface area contributed by atoms with Crippen LogP contribution >= 0.6 is 0 Å². The molecule has 0 unspecified atom stereocenters. The molecule has 0 saturated carbocycles. The van der Waals surface area contributed by atoms with Crippen molar-refractivity contribution in [3.63, 3.8) is 0 Å². The van der Waals surface area contributed by atoms with Crippen LogP contribution in [0.25, 0.3) is 5.57 Å². The van der Waals surface area contributed by atoms with Gasteiger partial charge >= 0.3 is 0 Å². The second-order valence-electron chi connectivity index (χ2n) is 12.9. The summed E-state index contributed by atoms with van der Waals surface area (Å²) in [6.45, 7) is 17.9. The maximum Gasteiger partial charge on any atom is 0.123 e. The molecule has 4 nitrogen and oxygen atoms in total. The zero-order valence-electron chi connectivity index (χ0n) is 64.6. The van der Waals surface area contributed by atoms with Crippen molar-refractivity contribution in [3.05, 3.63) is 242 Å². The molecule has 0 atom stereocenters. The van der Waals surface area contributed by atoms with Crippen LogP contribution in [0.4, 0.5) is 17.1 Å². The molecule has 3 aliphatic heterocycles. The van der Waals surface area contributed by atoms with E-state index in [1.807, 2.05) is 152 Å². The average Bonchev–Trinajstić information content (AvgIpc) is 3.32. The van der Waals surface area contributed by atoms with Crippen molar-refractivity contribution in [2.24, 2.45) is 0 Å². The first-order valence-corrected chi connectivity index (χ1v) is 21.6. The fourth-order valence-electron chi connectivity index (χ4n) is 6.10. The Morgan fingerprint density at radius 3 is 0.973 bits per heavy atom. The van der Waals surface area contributed by atoms with Gasteiger partial charge in [-0.15, -0.1) is 54.6 Å². The summed E-state index contributed by atoms with van der Waals surface area (Å²) in [5.41, 5.74) is 9.79. The second-order valence-corrected chi connectivity index (χ2v) is 12.9. The van der Waals surface area contributed by atoms with E-state index in [1.54, 1.807) is 0 Å². The number of anilines is 1. The van der Waals surface area contributed by atoms with E-state index in [0.717, 1.165) is 55.8 Å². The van der Waals surface area contributed by atoms with Crippen molar-refractivity contribution >= 4 is 35.1 Å². The minimum Gasteiger partial charge on any atom is -0.551 e. The molecule has 14 radical (unpaired) electrons. The molecule has 0 bridgehead atoms. The van der Waals surface area contributed by atoms with Crippen molar-refractivity contribution < 1.29 is 1160 Å². The number of nitrogens with zero attached hydrogens (tertiary/aromatic N) is 4. The van der Waals surface area contributed by atoms with Gasteiger partial charge in [0.15, 0.2) is 0 Å². The predicted octanol–water partition coefficient (Wildman–Crippen LogP) is 15.6. The Morgan fingerprint density at radius 2 is 0.670 bits per heavy atom. The topological polar surface area (TPSA) is 12.5 Å². The Hall–Kier alpha value is 32.2. The first kappa shape index (κ1) is 340. The summed E-state index contributed by atoms with van der Waals surface area (Å²) in [7, 11) is 4.03. The summed E-state index contributed by atoms with van der Waals surface area (Å²) in [5, 5.41) is 0. The molecule has 0 N–H and O–H groups in total. The van der Waals surface area contributed by atoms with E-state index >= 15 is 0 Å². The number of allylic oxidation sites excluding steroid dienone is 18. The first-order chi connectivity index (χ1) is 29.5. The van der Waals surface area contributed by atoms with Crippen LogP contribution in [0.15, 0.2) is 164 Å². The van der Waals surface area contributed by atoms with Gasteiger partial charge in [0.2, 0.25) is 0 Å². The van der Waals surface area contributed by atoms with Crippen molar-refractivity contribution in [1.29, 1.82) is 0 Å². The van der Waals surface area contributed by atoms with E-state index in [2.05, 4.69) is 131 Å². The van der Waals surface area contributed by atoms with Gasteiger partial charge in [-0.05, 0) is 49.0 Å². The largest absolute Gasteiger partial charge is 0.551 e. The Labute approximate surface area is 1510 Å². The SMILES string of the molecule is CC.CC.CC.CN1C=C\C(=C/C=C/C=C/[C-]=[N+]2CCCc3ccc[c-]c32)c2ccccc21.C[C-]=C(C)N(C)[C-]=C/C=C/C=C/C=C/C=C/[C-]=[N+]1CCCc2ccc[c-]c21.[CH3-].[CH3-].[CH3-].[CH3-].[CH3-].[W].[W].[W].[W].[W].[W].[W].[W].[W].[W].[W].[W].[W].[W].[W].[W].[W].[W].[W].[W].[W].[W].[W].[W].[W].[W].[W].[W].[W].[W].[W].[W].[W].[Y].[Y].[Y].[Y].[Y].[Y].[Y].[Y].[Y].[Y].[Y].[Y].[Y].[Y]. The molecule has 3 aromatic rings. The van der Waals surface area contributed by atoms with Crippen LogP contribution in [-0.2, 0) is 1170 Å². The third-order valence-electron chi connectivity index (χ3n) is 9.15. The van der Waals surface area contributed by atoms with E-state index in [1.165, 1.54) is 28.0 Å². The van der Waals surface area contributed by atoms with Crippen molar-refractivity contribution in [2.45, 2.75) is 81.1 Å². The maximum atomic E-state index is 3.37. The number of aryl methyl sites for hydroxylation is 2. The van der Waals surface area contributed by atoms with Gasteiger partial charge in [-0.25, -0.2) is 6.92 Å². The van der Waals surface area contributed by atoms with Gasteiger partial charge in [0.1, 0.15) is 25.5 Å². The molecule has 0 spiro atoms. The molecule has 3 heterocycles. The summed E-state index contributed by atoms with van der Waals surface area (Å²) in [6.07, 6.45) is 49.7. The number of para-hydroxylation sites is 3. The van der Waals surface area contributed by atoms with Crippen LogP contribution in [0.3, 0.4) is 0 Å². The summed E-state index contributed by atoms with van der Waals surface area (Å²) in [5.74, 6) is 0. The van der Waals surface area contributed by atoms with Gasteiger partial charge in [0, 0.05) is 1180 Å². The Bertz CT molecular complexity index is 2220. The Balaban J connectivity index is -0.00000000883. The average molecular weight is 8180 g/mol. The number of rotatable bonds is 10. The van der Waals surface area contributed by atoms with Gasteiger partial charge in [-0.3, -0.25) is 5.70 Å². The predicted molar refractivity (Wildman–Crippen MR) is 293 cm³/mol. The zero-order valence-corrected chi connectivity index (χ0v) is 201. The molecule has 3 aromatic carbocycles. The normalized spacial score (nSPS) is 8.96. The van der Waals surface area contributed by atoms with Crippen LogP contribution in [0, 0.1) is 61.5 Å². The molecule has 0 aromatic heterocycles. The van der Waals surface area contributed by atoms with E-state index < -0.39 is 0 Å². The molecular weight excluding hydrogens is 8100 g/mol. The van der Waals surface area contributed by atoms with Crippen LogP contribution in [-0.4, -0.2) is 53.7 Å². The van der Waals surface area contributed by atoms with Gasteiger partial charge in [-0.2, -0.15) is 72.8 Å². The molecule has 6 rings (SSSR count). The fourth-order valence-corrected chi connectivity index (χ4v) is 6.10. The molecular formula is C61H83N4W33Y14-9. The van der Waals surface area contributed by atoms with Crippen molar-refractivity contribution in [1.82, 2.24) is 4.90 Å². The fraction of sp³-hybridized carbons (Fsp3) is 0.262. The standard InChI is InChI=1S/C25H23N2.C25H27N2.3C2H6.5CH3.33W.14Y/c1-26-20-17-21(23-14-6-8-16-25(23)26)11-4-2-3-9-18-27-19-10-13-22-12-5-7-15-24(22)27;1-4-23(2)26(3)20-14-10-8-6-5-7-9-11-15-21-27-22-16-18-24-17-12-13-19-25(24)27;3*1-2;;;;;;;;;;;;;;;;;;;;;;;;;;;;;;;;;;;;;;;;;;;;;;;;;;;;/h2-9,11-12,14,16-17,20H,10,13,19H2,1H3;5-15,17H,16,18,22H2,1-3H3;3*1-2H3;5*1H3;;;;;;;;;;;;;;;;;;;;;;;;;;;;;;;;;;;;;;;;;;;;;;;/q-1;-3;;;;5*-1;;;;;;;;;;;;;;;;;;;;;;;;;;;;;;;;;;;;;;;;;;;;;;;/b4-2+,9-3+,21-11+;6-5+,9-7+,10-8+,15-11+;;;;;;;;;;;;;;;;;;;;;;;;;;;;;;;;;;;;;;;;;;;;;;;;;;;;;;;. The summed E-state index contributed by atoms with van der Waals surface area (Å²) >= 11 is 0. The van der Waals surface area contributed by atoms with Crippen molar-refractivity contribution in [3.8, 4) is 0 Å². The van der Waals surface area contributed by atoms with Crippen LogP contribution in [0.2, 0.25) is 0 Å². The summed E-state index contributed by atoms with van der Waals surface area (Å²) in [4.78, 5) is 4.05. The minimum absolute atomic E-state index is 0. The third kappa shape index (κ3) is 175. The number of hydrogen-bond donors (Lipinski definition) is 0. The molecule has 3 aliphatic rings. The van der Waals surface area contributed by atoms with Gasteiger partial charge in [-0.1, -0.05) is 103 Å². The minimum atomic E-state index is 0. The molecule has 112 heavy (non-hydrogen) atoms. The molecule has 0 aliphatic carbocycles. The second kappa shape index (κ2) is 257. The Kier molecular flexibility index (Phi) is 780. The van der Waals surface area contributed by atoms with E-state index in [4.69, 9.17) is 0 Å². The molecule has 0 fully saturated rings. The zero-order chi connectivity index (χ0) is 43.8. The van der Waals surface area contributed by atoms with Crippen LogP contribution in [0.5, 0.6) is 0 Å². The smallest absolute Gasteiger partial charge is 0.123 e. The maximum absolute atomic E-state index is 3.37. The summed E-state index contributed by atoms with van der Waals surface area (Å²) in [6, 6.07) is 27.5.